The second-order valence-corrected chi connectivity index (χ2v) is 6.38. The van der Waals surface area contributed by atoms with E-state index in [2.05, 4.69) is 15.4 Å². The van der Waals surface area contributed by atoms with Crippen LogP contribution in [0, 0.1) is 5.92 Å². The lowest BCUT2D eigenvalue weighted by Crippen LogP contribution is -2.23. The van der Waals surface area contributed by atoms with Crippen molar-refractivity contribution >= 4 is 23.4 Å². The van der Waals surface area contributed by atoms with Gasteiger partial charge in [0.1, 0.15) is 5.69 Å². The van der Waals surface area contributed by atoms with Crippen LogP contribution in [0.3, 0.4) is 0 Å². The molecule has 2 bridgehead atoms. The summed E-state index contributed by atoms with van der Waals surface area (Å²) in [5.74, 6) is -0.661. The number of nitrogens with zero attached hydrogens (tertiary/aromatic N) is 3. The number of hydrogen-bond donors (Lipinski definition) is 2. The number of anilines is 2. The number of amides is 1. The fourth-order valence-electron chi connectivity index (χ4n) is 2.95. The van der Waals surface area contributed by atoms with Crippen molar-refractivity contribution in [1.82, 2.24) is 14.8 Å². The Morgan fingerprint density at radius 2 is 2.27 bits per heavy atom. The van der Waals surface area contributed by atoms with Crippen LogP contribution in [-0.2, 0) is 16.0 Å². The molecule has 138 valence electrons. The molecule has 8 nitrogen and oxygen atoms in total. The highest BCUT2D eigenvalue weighted by Crippen LogP contribution is 2.28. The molecule has 1 aliphatic heterocycles. The normalized spacial score (nSPS) is 17.5. The van der Waals surface area contributed by atoms with E-state index < -0.39 is 5.97 Å². The highest BCUT2D eigenvalue weighted by Gasteiger charge is 2.26. The van der Waals surface area contributed by atoms with E-state index in [0.717, 1.165) is 31.4 Å². The molecule has 0 saturated heterocycles. The Morgan fingerprint density at radius 1 is 1.46 bits per heavy atom. The first-order chi connectivity index (χ1) is 12.5. The van der Waals surface area contributed by atoms with Gasteiger partial charge in [-0.25, -0.2) is 9.48 Å². The third-order valence-electron chi connectivity index (χ3n) is 4.44. The molecule has 1 amide bonds. The smallest absolute Gasteiger partial charge is 0.361 e. The second-order valence-electron chi connectivity index (χ2n) is 6.38. The zero-order valence-electron chi connectivity index (χ0n) is 15.0. The van der Waals surface area contributed by atoms with E-state index in [0.29, 0.717) is 5.69 Å². The molecule has 0 fully saturated rings. The van der Waals surface area contributed by atoms with Crippen LogP contribution in [-0.4, -0.2) is 33.2 Å². The number of carbonyl (C=O) groups excluding carboxylic acids is 2. The Balaban J connectivity index is 2.13. The van der Waals surface area contributed by atoms with Crippen LogP contribution < -0.4 is 11.1 Å². The molecule has 1 atom stereocenters. The van der Waals surface area contributed by atoms with Gasteiger partial charge in [-0.05, 0) is 38.3 Å². The molecule has 3 rings (SSSR count). The first-order valence-corrected chi connectivity index (χ1v) is 8.83. The monoisotopic (exact) mass is 357 g/mol. The average molecular weight is 357 g/mol. The fraction of sp³-hybridized carbons (Fsp3) is 0.444. The van der Waals surface area contributed by atoms with Crippen molar-refractivity contribution in [2.45, 2.75) is 39.5 Å². The van der Waals surface area contributed by atoms with Gasteiger partial charge in [-0.3, -0.25) is 9.78 Å². The number of rotatable bonds is 2. The first-order valence-electron chi connectivity index (χ1n) is 8.83. The van der Waals surface area contributed by atoms with E-state index in [4.69, 9.17) is 10.5 Å². The SMILES string of the molecule is CCOC(=O)c1nn2c(c1N)NC(=O)C(C)CCCCc1cc-2ccn1. The zero-order chi connectivity index (χ0) is 18.7. The minimum absolute atomic E-state index is 0.0111. The molecular formula is C18H23N5O3. The Kier molecular flexibility index (Phi) is 5.20. The van der Waals surface area contributed by atoms with Gasteiger partial charge in [-0.1, -0.05) is 13.3 Å². The summed E-state index contributed by atoms with van der Waals surface area (Å²) in [7, 11) is 0. The second kappa shape index (κ2) is 7.55. The van der Waals surface area contributed by atoms with Crippen molar-refractivity contribution < 1.29 is 14.3 Å². The number of fused-ring (bicyclic) bond motifs is 4. The molecule has 0 saturated carbocycles. The molecule has 3 N–H and O–H groups in total. The highest BCUT2D eigenvalue weighted by atomic mass is 16.5. The molecule has 0 radical (unpaired) electrons. The molecule has 8 heteroatoms. The topological polar surface area (TPSA) is 112 Å². The van der Waals surface area contributed by atoms with Crippen molar-refractivity contribution in [3.8, 4) is 5.69 Å². The zero-order valence-corrected chi connectivity index (χ0v) is 15.0. The molecule has 1 unspecified atom stereocenters. The summed E-state index contributed by atoms with van der Waals surface area (Å²) >= 11 is 0. The number of nitrogens with two attached hydrogens (primary N) is 1. The number of aryl methyl sites for hydroxylation is 1. The van der Waals surface area contributed by atoms with Gasteiger partial charge in [0.25, 0.3) is 0 Å². The van der Waals surface area contributed by atoms with E-state index in [-0.39, 0.29) is 35.6 Å². The number of ether oxygens (including phenoxy) is 1. The molecular weight excluding hydrogens is 334 g/mol. The number of aromatic nitrogens is 3. The van der Waals surface area contributed by atoms with E-state index in [1.165, 1.54) is 4.68 Å². The Hall–Kier alpha value is -2.90. The van der Waals surface area contributed by atoms with Crippen LogP contribution in [0.2, 0.25) is 0 Å². The number of pyridine rings is 1. The molecule has 2 aromatic heterocycles. The van der Waals surface area contributed by atoms with Gasteiger partial charge >= 0.3 is 5.97 Å². The van der Waals surface area contributed by atoms with Crippen LogP contribution in [0.4, 0.5) is 11.5 Å². The van der Waals surface area contributed by atoms with Crippen LogP contribution >= 0.6 is 0 Å². The number of esters is 1. The van der Waals surface area contributed by atoms with Crippen molar-refractivity contribution in [2.24, 2.45) is 5.92 Å². The van der Waals surface area contributed by atoms with Crippen LogP contribution in [0.1, 0.15) is 49.3 Å². The van der Waals surface area contributed by atoms with Gasteiger partial charge in [0.15, 0.2) is 11.5 Å². The highest BCUT2D eigenvalue weighted by molar-refractivity contribution is 6.01. The summed E-state index contributed by atoms with van der Waals surface area (Å²) in [4.78, 5) is 29.1. The van der Waals surface area contributed by atoms with E-state index in [1.54, 1.807) is 19.2 Å². The van der Waals surface area contributed by atoms with Gasteiger partial charge in [0.2, 0.25) is 5.91 Å². The summed E-state index contributed by atoms with van der Waals surface area (Å²) in [5, 5.41) is 7.14. The lowest BCUT2D eigenvalue weighted by Gasteiger charge is -2.15. The lowest BCUT2D eigenvalue weighted by molar-refractivity contribution is -0.119. The van der Waals surface area contributed by atoms with E-state index >= 15 is 0 Å². The molecule has 0 aliphatic carbocycles. The lowest BCUT2D eigenvalue weighted by atomic mass is 10.0. The van der Waals surface area contributed by atoms with Crippen LogP contribution in [0.5, 0.6) is 0 Å². The molecule has 3 heterocycles. The molecule has 2 aromatic rings. The van der Waals surface area contributed by atoms with E-state index in [1.807, 2.05) is 13.0 Å². The van der Waals surface area contributed by atoms with Gasteiger partial charge in [0, 0.05) is 17.8 Å². The number of hydrogen-bond acceptors (Lipinski definition) is 6. The molecule has 0 spiro atoms. The quantitative estimate of drug-likeness (QED) is 0.798. The van der Waals surface area contributed by atoms with Crippen molar-refractivity contribution in [2.75, 3.05) is 17.7 Å². The van der Waals surface area contributed by atoms with Crippen molar-refractivity contribution in [3.05, 3.63) is 29.7 Å². The summed E-state index contributed by atoms with van der Waals surface area (Å²) in [6.07, 6.45) is 5.16. The number of carbonyl (C=O) groups is 2. The molecule has 0 aromatic carbocycles. The van der Waals surface area contributed by atoms with E-state index in [9.17, 15) is 9.59 Å². The summed E-state index contributed by atoms with van der Waals surface area (Å²) in [6, 6.07) is 3.65. The summed E-state index contributed by atoms with van der Waals surface area (Å²) < 4.78 is 6.49. The maximum atomic E-state index is 12.5. The largest absolute Gasteiger partial charge is 0.461 e. The minimum Gasteiger partial charge on any atom is -0.461 e. The molecule has 1 aliphatic rings. The average Bonchev–Trinajstić information content (AvgIpc) is 2.95. The Bertz CT molecular complexity index is 830. The van der Waals surface area contributed by atoms with Crippen LogP contribution in [0.15, 0.2) is 18.3 Å². The predicted octanol–water partition coefficient (Wildman–Crippen LogP) is 2.33. The van der Waals surface area contributed by atoms with Gasteiger partial charge in [0.05, 0.1) is 12.3 Å². The van der Waals surface area contributed by atoms with Gasteiger partial charge < -0.3 is 15.8 Å². The predicted molar refractivity (Wildman–Crippen MR) is 97.1 cm³/mol. The fourth-order valence-corrected chi connectivity index (χ4v) is 2.95. The Labute approximate surface area is 151 Å². The number of nitrogens with one attached hydrogen (secondary N) is 1. The first kappa shape index (κ1) is 17.9. The van der Waals surface area contributed by atoms with Crippen LogP contribution in [0.25, 0.3) is 5.69 Å². The Morgan fingerprint density at radius 3 is 3.04 bits per heavy atom. The summed E-state index contributed by atoms with van der Waals surface area (Å²) in [5.41, 5.74) is 7.83. The van der Waals surface area contributed by atoms with Crippen molar-refractivity contribution in [3.63, 3.8) is 0 Å². The number of nitrogen functional groups attached to an aromatic ring is 1. The maximum absolute atomic E-state index is 12.5. The molecule has 26 heavy (non-hydrogen) atoms. The summed E-state index contributed by atoms with van der Waals surface area (Å²) in [6.45, 7) is 3.80. The standard InChI is InChI=1S/C18H23N5O3/c1-3-26-18(25)15-14(19)16-21-17(24)11(2)6-4-5-7-12-10-13(8-9-20-12)23(16)22-15/h8-11H,3-7,19H2,1-2H3,(H,21,24). The van der Waals surface area contributed by atoms with Gasteiger partial charge in [-0.2, -0.15) is 5.10 Å². The third-order valence-corrected chi connectivity index (χ3v) is 4.44. The maximum Gasteiger partial charge on any atom is 0.361 e. The minimum atomic E-state index is -0.620. The third kappa shape index (κ3) is 3.54. The van der Waals surface area contributed by atoms with Crippen molar-refractivity contribution in [1.29, 1.82) is 0 Å². The van der Waals surface area contributed by atoms with Gasteiger partial charge in [-0.15, -0.1) is 0 Å².